The van der Waals surface area contributed by atoms with Crippen LogP contribution >= 0.6 is 11.5 Å². The van der Waals surface area contributed by atoms with Crippen LogP contribution in [0.25, 0.3) is 0 Å². The van der Waals surface area contributed by atoms with Crippen molar-refractivity contribution in [2.24, 2.45) is 5.92 Å². The molecule has 23 heavy (non-hydrogen) atoms. The van der Waals surface area contributed by atoms with Crippen molar-refractivity contribution in [3.63, 3.8) is 0 Å². The minimum Gasteiger partial charge on any atom is -0.449 e. The van der Waals surface area contributed by atoms with Gasteiger partial charge in [-0.1, -0.05) is 34.6 Å². The van der Waals surface area contributed by atoms with Crippen LogP contribution in [-0.2, 0) is 10.2 Å². The molecule has 0 spiro atoms. The zero-order valence-corrected chi connectivity index (χ0v) is 15.7. The summed E-state index contributed by atoms with van der Waals surface area (Å²) < 4.78 is 9.81. The number of carbonyl (C=O) groups is 1. The van der Waals surface area contributed by atoms with Crippen molar-refractivity contribution in [3.8, 4) is 0 Å². The van der Waals surface area contributed by atoms with Gasteiger partial charge in [0.15, 0.2) is 0 Å². The Hall–Kier alpha value is -1.37. The Bertz CT molecular complexity index is 524. The fourth-order valence-electron chi connectivity index (χ4n) is 2.27. The maximum atomic E-state index is 12.1. The van der Waals surface area contributed by atoms with E-state index in [0.717, 1.165) is 37.0 Å². The molecule has 2 heterocycles. The predicted octanol–water partition coefficient (Wildman–Crippen LogP) is 3.14. The first-order chi connectivity index (χ1) is 10.8. The summed E-state index contributed by atoms with van der Waals surface area (Å²) in [7, 11) is 0. The highest BCUT2D eigenvalue weighted by atomic mass is 32.1. The predicted molar refractivity (Wildman–Crippen MR) is 93.2 cm³/mol. The second-order valence-corrected chi connectivity index (χ2v) is 8.18. The molecule has 0 atom stereocenters. The van der Waals surface area contributed by atoms with Gasteiger partial charge in [0.2, 0.25) is 5.13 Å². The van der Waals surface area contributed by atoms with Gasteiger partial charge >= 0.3 is 6.09 Å². The molecule has 1 amide bonds. The molecule has 1 aliphatic heterocycles. The Labute approximate surface area is 143 Å². The second kappa shape index (κ2) is 7.47. The van der Waals surface area contributed by atoms with Crippen LogP contribution in [0.2, 0.25) is 0 Å². The molecule has 7 heteroatoms. The minimum absolute atomic E-state index is 0.0344. The molecule has 0 saturated carbocycles. The molecule has 0 aliphatic carbocycles. The minimum atomic E-state index is -0.201. The topological polar surface area (TPSA) is 58.6 Å². The number of amides is 1. The lowest BCUT2D eigenvalue weighted by Crippen LogP contribution is -2.36. The van der Waals surface area contributed by atoms with Gasteiger partial charge in [0.05, 0.1) is 6.61 Å². The van der Waals surface area contributed by atoms with E-state index in [2.05, 4.69) is 35.0 Å². The van der Waals surface area contributed by atoms with Crippen molar-refractivity contribution >= 4 is 22.8 Å². The van der Waals surface area contributed by atoms with Crippen LogP contribution in [0.5, 0.6) is 0 Å². The van der Waals surface area contributed by atoms with Gasteiger partial charge in [-0.15, -0.1) is 0 Å². The van der Waals surface area contributed by atoms with E-state index in [1.807, 2.05) is 13.8 Å². The summed E-state index contributed by atoms with van der Waals surface area (Å²) in [6.07, 6.45) is 0.717. The van der Waals surface area contributed by atoms with E-state index < -0.39 is 0 Å². The zero-order valence-electron chi connectivity index (χ0n) is 14.8. The Morgan fingerprint density at radius 1 is 1.26 bits per heavy atom. The number of hydrogen-bond acceptors (Lipinski definition) is 6. The second-order valence-electron chi connectivity index (χ2n) is 7.45. The van der Waals surface area contributed by atoms with Gasteiger partial charge in [0.25, 0.3) is 0 Å². The van der Waals surface area contributed by atoms with Crippen LogP contribution in [0, 0.1) is 5.92 Å². The normalized spacial score (nSPS) is 16.6. The molecule has 1 aromatic rings. The zero-order chi connectivity index (χ0) is 17.0. The van der Waals surface area contributed by atoms with Crippen LogP contribution in [0.4, 0.5) is 9.93 Å². The Morgan fingerprint density at radius 3 is 2.61 bits per heavy atom. The van der Waals surface area contributed by atoms with Gasteiger partial charge in [0.1, 0.15) is 5.82 Å². The highest BCUT2D eigenvalue weighted by Crippen LogP contribution is 2.26. The third kappa shape index (κ3) is 5.06. The lowest BCUT2D eigenvalue weighted by Gasteiger charge is -2.21. The summed E-state index contributed by atoms with van der Waals surface area (Å²) in [5.41, 5.74) is -0.0344. The van der Waals surface area contributed by atoms with E-state index in [1.54, 1.807) is 4.90 Å². The van der Waals surface area contributed by atoms with Gasteiger partial charge in [0, 0.05) is 43.1 Å². The molecule has 1 aliphatic rings. The first-order valence-electron chi connectivity index (χ1n) is 8.28. The molecule has 0 aromatic carbocycles. The van der Waals surface area contributed by atoms with Crippen LogP contribution in [-0.4, -0.2) is 53.1 Å². The summed E-state index contributed by atoms with van der Waals surface area (Å²) in [4.78, 5) is 20.8. The van der Waals surface area contributed by atoms with E-state index in [1.165, 1.54) is 11.5 Å². The molecule has 0 bridgehead atoms. The van der Waals surface area contributed by atoms with Crippen molar-refractivity contribution in [1.82, 2.24) is 14.3 Å². The molecular formula is C16H28N4O2S. The summed E-state index contributed by atoms with van der Waals surface area (Å²) >= 11 is 1.45. The number of rotatable bonds is 3. The fourth-order valence-corrected chi connectivity index (χ4v) is 3.18. The third-order valence-corrected chi connectivity index (χ3v) is 4.43. The Balaban J connectivity index is 1.93. The van der Waals surface area contributed by atoms with Gasteiger partial charge in [-0.3, -0.25) is 0 Å². The largest absolute Gasteiger partial charge is 0.449 e. The molecule has 0 radical (unpaired) electrons. The van der Waals surface area contributed by atoms with Crippen molar-refractivity contribution in [3.05, 3.63) is 5.82 Å². The van der Waals surface area contributed by atoms with Gasteiger partial charge in [-0.2, -0.15) is 4.37 Å². The van der Waals surface area contributed by atoms with Crippen molar-refractivity contribution in [1.29, 1.82) is 0 Å². The SMILES string of the molecule is CC(C)COC(=O)N1CCCN(c2nc(C(C)(C)C)ns2)CC1. The van der Waals surface area contributed by atoms with E-state index in [0.29, 0.717) is 19.1 Å². The maximum Gasteiger partial charge on any atom is 0.409 e. The van der Waals surface area contributed by atoms with Crippen LogP contribution in [0.15, 0.2) is 0 Å². The number of hydrogen-bond donors (Lipinski definition) is 0. The van der Waals surface area contributed by atoms with E-state index in [4.69, 9.17) is 4.74 Å². The lowest BCUT2D eigenvalue weighted by atomic mass is 9.96. The molecule has 0 unspecified atom stereocenters. The van der Waals surface area contributed by atoms with Crippen molar-refractivity contribution in [2.75, 3.05) is 37.7 Å². The maximum absolute atomic E-state index is 12.1. The van der Waals surface area contributed by atoms with Gasteiger partial charge in [-0.05, 0) is 12.3 Å². The van der Waals surface area contributed by atoms with Crippen LogP contribution < -0.4 is 4.90 Å². The highest BCUT2D eigenvalue weighted by molar-refractivity contribution is 7.09. The lowest BCUT2D eigenvalue weighted by molar-refractivity contribution is 0.0943. The van der Waals surface area contributed by atoms with Crippen molar-refractivity contribution in [2.45, 2.75) is 46.5 Å². The summed E-state index contributed by atoms with van der Waals surface area (Å²) in [6, 6.07) is 0. The molecule has 1 fully saturated rings. The molecule has 1 aromatic heterocycles. The average molecular weight is 340 g/mol. The summed E-state index contributed by atoms with van der Waals surface area (Å²) in [5.74, 6) is 1.24. The van der Waals surface area contributed by atoms with Gasteiger partial charge in [-0.25, -0.2) is 9.78 Å². The van der Waals surface area contributed by atoms with E-state index in [-0.39, 0.29) is 11.5 Å². The molecule has 6 nitrogen and oxygen atoms in total. The number of aromatic nitrogens is 2. The van der Waals surface area contributed by atoms with Crippen molar-refractivity contribution < 1.29 is 9.53 Å². The molecule has 130 valence electrons. The molecular weight excluding hydrogens is 312 g/mol. The number of nitrogens with zero attached hydrogens (tertiary/aromatic N) is 4. The first kappa shape index (κ1) is 18.0. The van der Waals surface area contributed by atoms with Gasteiger partial charge < -0.3 is 14.5 Å². The summed E-state index contributed by atoms with van der Waals surface area (Å²) in [5, 5.41) is 0.951. The first-order valence-corrected chi connectivity index (χ1v) is 9.05. The van der Waals surface area contributed by atoms with Crippen LogP contribution in [0.3, 0.4) is 0 Å². The number of anilines is 1. The van der Waals surface area contributed by atoms with E-state index in [9.17, 15) is 4.79 Å². The monoisotopic (exact) mass is 340 g/mol. The van der Waals surface area contributed by atoms with E-state index >= 15 is 0 Å². The number of ether oxygens (including phenoxy) is 1. The quantitative estimate of drug-likeness (QED) is 0.846. The highest BCUT2D eigenvalue weighted by Gasteiger charge is 2.25. The molecule has 2 rings (SSSR count). The number of carbonyl (C=O) groups excluding carboxylic acids is 1. The Kier molecular flexibility index (Phi) is 5.84. The summed E-state index contributed by atoms with van der Waals surface area (Å²) in [6.45, 7) is 14.0. The smallest absolute Gasteiger partial charge is 0.409 e. The average Bonchev–Trinajstić information content (AvgIpc) is 2.84. The van der Waals surface area contributed by atoms with Crippen LogP contribution in [0.1, 0.15) is 46.9 Å². The Morgan fingerprint density at radius 2 is 2.00 bits per heavy atom. The fraction of sp³-hybridized carbons (Fsp3) is 0.812. The molecule has 0 N–H and O–H groups in total. The standard InChI is InChI=1S/C16H28N4O2S/c1-12(2)11-22-15(21)20-8-6-7-19(9-10-20)14-17-13(18-23-14)16(3,4)5/h12H,6-11H2,1-5H3. The molecule has 1 saturated heterocycles. The third-order valence-electron chi connectivity index (χ3n) is 3.65.